The van der Waals surface area contributed by atoms with Crippen molar-refractivity contribution in [2.45, 2.75) is 0 Å². The van der Waals surface area contributed by atoms with Crippen LogP contribution in [-0.4, -0.2) is 60.0 Å². The second-order valence-corrected chi connectivity index (χ2v) is 30.7. The van der Waals surface area contributed by atoms with Gasteiger partial charge in [0.05, 0.1) is 0 Å². The van der Waals surface area contributed by atoms with Crippen molar-refractivity contribution in [3.8, 4) is 0 Å². The monoisotopic (exact) mass is 466 g/mol. The van der Waals surface area contributed by atoms with E-state index in [1.165, 1.54) is 0 Å². The van der Waals surface area contributed by atoms with Gasteiger partial charge in [0, 0.05) is 0 Å². The number of hydrogen-bond donors (Lipinski definition) is 0. The summed E-state index contributed by atoms with van der Waals surface area (Å²) in [5, 5.41) is 0. The van der Waals surface area contributed by atoms with E-state index in [0.717, 1.165) is 0 Å². The van der Waals surface area contributed by atoms with E-state index in [4.69, 9.17) is 37.7 Å². The molecule has 0 fully saturated rings. The van der Waals surface area contributed by atoms with Crippen LogP contribution in [0.2, 0.25) is 0 Å². The number of halogens is 4. The Morgan fingerprint density at radius 1 is 0.471 bits per heavy atom. The molecule has 0 radical (unpaired) electrons. The van der Waals surface area contributed by atoms with E-state index < -0.39 is 11.9 Å². The topological polar surface area (TPSA) is 0 Å². The summed E-state index contributed by atoms with van der Waals surface area (Å²) in [7, 11) is 21.2. The molecule has 0 saturated carbocycles. The van der Waals surface area contributed by atoms with Gasteiger partial charge in [0.25, 0.3) is 0 Å². The third-order valence-corrected chi connectivity index (χ3v) is 0. The summed E-state index contributed by atoms with van der Waals surface area (Å²) in [6.07, 6.45) is 0. The minimum absolute atomic E-state index is 0.380. The van der Waals surface area contributed by atoms with Crippen LogP contribution in [-0.2, 0) is 11.9 Å². The molecule has 0 nitrogen and oxygen atoms in total. The van der Waals surface area contributed by atoms with E-state index in [0.29, 0.717) is 23.8 Å². The molecule has 8 heteroatoms. The van der Waals surface area contributed by atoms with Crippen LogP contribution in [0.5, 0.6) is 0 Å². The van der Waals surface area contributed by atoms with Crippen molar-refractivity contribution in [3.05, 3.63) is 0 Å². The summed E-state index contributed by atoms with van der Waals surface area (Å²) in [5.41, 5.74) is 0. The Hall–Kier alpha value is 3.14. The van der Waals surface area contributed by atoms with E-state index in [1.807, 2.05) is 0 Å². The Labute approximate surface area is 132 Å². The fourth-order valence-corrected chi connectivity index (χ4v) is 0. The average molecular weight is 466 g/mol. The minimum atomic E-state index is -3.13. The summed E-state index contributed by atoms with van der Waals surface area (Å²) in [6.45, 7) is 20.1. The first-order valence-electron chi connectivity index (χ1n) is 4.64. The van der Waals surface area contributed by atoms with Crippen molar-refractivity contribution in [3.63, 3.8) is 0 Å². The van der Waals surface area contributed by atoms with Gasteiger partial charge >= 0.3 is 49.6 Å². The summed E-state index contributed by atoms with van der Waals surface area (Å²) in [4.78, 5) is 0. The fourth-order valence-electron chi connectivity index (χ4n) is 0. The molecule has 0 N–H and O–H groups in total. The fraction of sp³-hybridized carbons (Fsp3) is 1.00. The molecule has 0 aliphatic heterocycles. The standard InChI is InChI=1S/3C3H9P.4ClH.Mo/c3*1-4(2)3;;;;;/h3*1-3H3;4*1H;/q;;;;;;;+4/p-4. The molecule has 17 heavy (non-hydrogen) atoms. The predicted molar refractivity (Wildman–Crippen MR) is 97.5 cm³/mol. The predicted octanol–water partition coefficient (Wildman–Crippen LogP) is 6.83. The van der Waals surface area contributed by atoms with E-state index in [1.54, 1.807) is 0 Å². The van der Waals surface area contributed by atoms with Crippen LogP contribution in [0.1, 0.15) is 0 Å². The first-order valence-corrected chi connectivity index (χ1v) is 23.0. The molecule has 0 heterocycles. The Balaban J connectivity index is -0.0000000667. The van der Waals surface area contributed by atoms with Gasteiger partial charge in [-0.05, 0) is 60.0 Å². The number of rotatable bonds is 0. The SMILES string of the molecule is CP(C)C.CP(C)C.CP(C)C.[Cl][Mo]([Cl])([Cl])[Cl]. The molecule has 0 amide bonds. The van der Waals surface area contributed by atoms with Crippen LogP contribution in [0.15, 0.2) is 0 Å². The molecule has 0 aromatic carbocycles. The summed E-state index contributed by atoms with van der Waals surface area (Å²) in [5.74, 6) is 0. The molecule has 0 unspecified atom stereocenters. The molecule has 0 aromatic rings. The summed E-state index contributed by atoms with van der Waals surface area (Å²) in [6, 6.07) is 0. The van der Waals surface area contributed by atoms with Crippen molar-refractivity contribution in [2.75, 3.05) is 60.0 Å². The van der Waals surface area contributed by atoms with Crippen molar-refractivity contribution in [1.82, 2.24) is 0 Å². The maximum atomic E-state index is 5.02. The van der Waals surface area contributed by atoms with E-state index in [2.05, 4.69) is 60.0 Å². The molecular formula is C9H27Cl4MoP3. The normalized spacial score (nSPS) is 10.8. The van der Waals surface area contributed by atoms with Crippen LogP contribution in [0.25, 0.3) is 0 Å². The first kappa shape index (κ1) is 28.3. The third kappa shape index (κ3) is 571. The van der Waals surface area contributed by atoms with Crippen molar-refractivity contribution < 1.29 is 11.9 Å². The van der Waals surface area contributed by atoms with Gasteiger partial charge in [0.15, 0.2) is 0 Å². The summed E-state index contributed by atoms with van der Waals surface area (Å²) >= 11 is -3.13. The van der Waals surface area contributed by atoms with Gasteiger partial charge in [0.2, 0.25) is 0 Å². The molecule has 0 aromatic heterocycles. The van der Waals surface area contributed by atoms with Crippen LogP contribution in [0.3, 0.4) is 0 Å². The van der Waals surface area contributed by atoms with E-state index in [9.17, 15) is 0 Å². The average Bonchev–Trinajstić information content (AvgIpc) is 1.73. The zero-order chi connectivity index (χ0) is 15.2. The molecule has 0 aliphatic carbocycles. The Morgan fingerprint density at radius 2 is 0.471 bits per heavy atom. The van der Waals surface area contributed by atoms with Gasteiger partial charge < -0.3 is 0 Å². The molecule has 0 spiro atoms. The Bertz CT molecular complexity index is 101. The van der Waals surface area contributed by atoms with Gasteiger partial charge in [-0.2, -0.15) is 0 Å². The van der Waals surface area contributed by atoms with Gasteiger partial charge in [-0.3, -0.25) is 0 Å². The molecule has 0 rings (SSSR count). The Morgan fingerprint density at radius 3 is 0.471 bits per heavy atom. The van der Waals surface area contributed by atoms with Crippen molar-refractivity contribution in [2.24, 2.45) is 0 Å². The van der Waals surface area contributed by atoms with Crippen LogP contribution in [0.4, 0.5) is 0 Å². The Kier molecular flexibility index (Phi) is 31.9. The molecule has 0 bridgehead atoms. The third-order valence-electron chi connectivity index (χ3n) is 0. The van der Waals surface area contributed by atoms with Crippen molar-refractivity contribution in [1.29, 1.82) is 0 Å². The second-order valence-electron chi connectivity index (χ2n) is 4.37. The molecule has 0 aliphatic rings. The zero-order valence-corrected chi connectivity index (χ0v) is 20.0. The van der Waals surface area contributed by atoms with E-state index >= 15 is 0 Å². The van der Waals surface area contributed by atoms with Crippen LogP contribution >= 0.6 is 61.4 Å². The summed E-state index contributed by atoms with van der Waals surface area (Å²) < 4.78 is 0. The molecule has 0 saturated heterocycles. The zero-order valence-electron chi connectivity index (χ0n) is 12.3. The second kappa shape index (κ2) is 19.1. The molecule has 0 atom stereocenters. The first-order chi connectivity index (χ1) is 7.20. The van der Waals surface area contributed by atoms with Gasteiger partial charge in [0.1, 0.15) is 0 Å². The molecular weight excluding hydrogens is 439 g/mol. The van der Waals surface area contributed by atoms with Crippen LogP contribution < -0.4 is 0 Å². The van der Waals surface area contributed by atoms with Gasteiger partial charge in [-0.1, -0.05) is 0 Å². The molecule has 112 valence electrons. The maximum absolute atomic E-state index is 5.02. The van der Waals surface area contributed by atoms with E-state index in [-0.39, 0.29) is 0 Å². The quantitative estimate of drug-likeness (QED) is 0.272. The van der Waals surface area contributed by atoms with Crippen LogP contribution in [0, 0.1) is 0 Å². The van der Waals surface area contributed by atoms with Gasteiger partial charge in [-0.25, -0.2) is 0 Å². The van der Waals surface area contributed by atoms with Crippen molar-refractivity contribution >= 4 is 61.4 Å². The number of hydrogen-bond acceptors (Lipinski definition) is 0. The van der Waals surface area contributed by atoms with Gasteiger partial charge in [-0.15, -0.1) is 23.8 Å².